The minimum atomic E-state index is 0.297. The van der Waals surface area contributed by atoms with Gasteiger partial charge in [-0.05, 0) is 62.1 Å². The quantitative estimate of drug-likeness (QED) is 0.849. The van der Waals surface area contributed by atoms with Gasteiger partial charge in [0.2, 0.25) is 0 Å². The monoisotopic (exact) mass is 269 g/mol. The predicted molar refractivity (Wildman–Crippen MR) is 82.7 cm³/mol. The normalized spacial score (nSPS) is 25.2. The van der Waals surface area contributed by atoms with Crippen molar-refractivity contribution in [2.45, 2.75) is 51.5 Å². The second-order valence-corrected chi connectivity index (χ2v) is 6.49. The summed E-state index contributed by atoms with van der Waals surface area (Å²) in [6.45, 7) is 2.15. The highest BCUT2D eigenvalue weighted by Gasteiger charge is 2.22. The van der Waals surface area contributed by atoms with E-state index in [1.54, 1.807) is 0 Å². The van der Waals surface area contributed by atoms with Gasteiger partial charge in [0.25, 0.3) is 0 Å². The van der Waals surface area contributed by atoms with Gasteiger partial charge >= 0.3 is 0 Å². The first kappa shape index (κ1) is 13.6. The van der Waals surface area contributed by atoms with Gasteiger partial charge in [-0.2, -0.15) is 0 Å². The number of fused-ring (bicyclic) bond motifs is 1. The first-order valence-corrected chi connectivity index (χ1v) is 7.70. The zero-order valence-electron chi connectivity index (χ0n) is 12.2. The summed E-state index contributed by atoms with van der Waals surface area (Å²) < 4.78 is 0. The summed E-state index contributed by atoms with van der Waals surface area (Å²) in [7, 11) is 0. The highest BCUT2D eigenvalue weighted by Crippen LogP contribution is 2.29. The van der Waals surface area contributed by atoms with Gasteiger partial charge in [-0.15, -0.1) is 0 Å². The topological polar surface area (TPSA) is 43.1 Å². The second-order valence-electron chi connectivity index (χ2n) is 6.49. The first-order valence-electron chi connectivity index (χ1n) is 7.70. The maximum absolute atomic E-state index is 12.4. The highest BCUT2D eigenvalue weighted by molar-refractivity contribution is 5.97. The molecule has 1 aromatic carbocycles. The Balaban J connectivity index is 1.67. The molecule has 0 spiro atoms. The van der Waals surface area contributed by atoms with Gasteiger partial charge < -0.3 is 5.73 Å². The molecule has 1 saturated carbocycles. The molecule has 106 valence electrons. The Bertz CT molecular complexity index is 551. The molecule has 2 nitrogen and oxygen atoms in total. The van der Waals surface area contributed by atoms with Crippen molar-refractivity contribution < 1.29 is 4.79 Å². The SMILES string of the molecule is CC1=Cc2cc(C(=O)CC3CCC(N)CC3)ccc2C1. The lowest BCUT2D eigenvalue weighted by Gasteiger charge is -2.25. The molecule has 0 aromatic heterocycles. The molecule has 3 rings (SSSR count). The molecule has 2 aliphatic rings. The number of allylic oxidation sites excluding steroid dienone is 1. The van der Waals surface area contributed by atoms with E-state index >= 15 is 0 Å². The molecule has 0 amide bonds. The molecule has 20 heavy (non-hydrogen) atoms. The van der Waals surface area contributed by atoms with Crippen molar-refractivity contribution in [2.24, 2.45) is 11.7 Å². The van der Waals surface area contributed by atoms with Crippen LogP contribution in [0.25, 0.3) is 6.08 Å². The Morgan fingerprint density at radius 3 is 2.75 bits per heavy atom. The maximum atomic E-state index is 12.4. The van der Waals surface area contributed by atoms with Crippen LogP contribution in [0.15, 0.2) is 23.8 Å². The average molecular weight is 269 g/mol. The van der Waals surface area contributed by atoms with E-state index in [2.05, 4.69) is 25.1 Å². The number of carbonyl (C=O) groups excluding carboxylic acids is 1. The fourth-order valence-corrected chi connectivity index (χ4v) is 3.45. The van der Waals surface area contributed by atoms with Gasteiger partial charge in [0, 0.05) is 18.0 Å². The van der Waals surface area contributed by atoms with Crippen molar-refractivity contribution in [3.63, 3.8) is 0 Å². The van der Waals surface area contributed by atoms with Gasteiger partial charge in [0.15, 0.2) is 5.78 Å². The van der Waals surface area contributed by atoms with E-state index in [1.807, 2.05) is 6.07 Å². The van der Waals surface area contributed by atoms with Crippen LogP contribution in [0.3, 0.4) is 0 Å². The molecule has 0 atom stereocenters. The highest BCUT2D eigenvalue weighted by atomic mass is 16.1. The largest absolute Gasteiger partial charge is 0.328 e. The minimum Gasteiger partial charge on any atom is -0.328 e. The van der Waals surface area contributed by atoms with E-state index in [1.165, 1.54) is 16.7 Å². The Labute approximate surface area is 121 Å². The summed E-state index contributed by atoms with van der Waals surface area (Å²) in [5, 5.41) is 0. The average Bonchev–Trinajstić information content (AvgIpc) is 2.80. The number of hydrogen-bond donors (Lipinski definition) is 1. The van der Waals surface area contributed by atoms with Crippen LogP contribution in [-0.4, -0.2) is 11.8 Å². The van der Waals surface area contributed by atoms with Gasteiger partial charge in [-0.25, -0.2) is 0 Å². The van der Waals surface area contributed by atoms with Crippen LogP contribution in [0.4, 0.5) is 0 Å². The lowest BCUT2D eigenvalue weighted by atomic mass is 9.82. The van der Waals surface area contributed by atoms with Crippen molar-refractivity contribution in [1.82, 2.24) is 0 Å². The smallest absolute Gasteiger partial charge is 0.163 e. The summed E-state index contributed by atoms with van der Waals surface area (Å²) in [6, 6.07) is 6.55. The van der Waals surface area contributed by atoms with E-state index < -0.39 is 0 Å². The van der Waals surface area contributed by atoms with E-state index in [4.69, 9.17) is 5.73 Å². The Morgan fingerprint density at radius 2 is 2.00 bits per heavy atom. The Morgan fingerprint density at radius 1 is 1.25 bits per heavy atom. The summed E-state index contributed by atoms with van der Waals surface area (Å²) in [5.41, 5.74) is 10.8. The number of hydrogen-bond acceptors (Lipinski definition) is 2. The second kappa shape index (κ2) is 5.53. The minimum absolute atomic E-state index is 0.297. The zero-order valence-corrected chi connectivity index (χ0v) is 12.2. The fourth-order valence-electron chi connectivity index (χ4n) is 3.45. The molecule has 0 aliphatic heterocycles. The predicted octanol–water partition coefficient (Wildman–Crippen LogP) is 3.74. The standard InChI is InChI=1S/C18H23NO/c1-12-8-14-4-5-15(11-16(14)9-12)18(20)10-13-2-6-17(19)7-3-13/h4-5,9,11,13,17H,2-3,6-8,10,19H2,1H3. The van der Waals surface area contributed by atoms with Crippen LogP contribution in [0.1, 0.15) is 60.5 Å². The summed E-state index contributed by atoms with van der Waals surface area (Å²) in [5.74, 6) is 0.832. The number of rotatable bonds is 3. The third-order valence-electron chi connectivity index (χ3n) is 4.70. The van der Waals surface area contributed by atoms with Crippen molar-refractivity contribution in [3.05, 3.63) is 40.5 Å². The molecule has 0 radical (unpaired) electrons. The third kappa shape index (κ3) is 2.85. The van der Waals surface area contributed by atoms with Gasteiger partial charge in [-0.1, -0.05) is 23.8 Å². The van der Waals surface area contributed by atoms with Gasteiger partial charge in [0.1, 0.15) is 0 Å². The summed E-state index contributed by atoms with van der Waals surface area (Å²) in [6.07, 6.45) is 8.28. The third-order valence-corrected chi connectivity index (χ3v) is 4.70. The van der Waals surface area contributed by atoms with Crippen LogP contribution in [0.5, 0.6) is 0 Å². The van der Waals surface area contributed by atoms with Crippen LogP contribution in [0, 0.1) is 5.92 Å². The molecule has 1 aromatic rings. The number of benzene rings is 1. The van der Waals surface area contributed by atoms with E-state index in [-0.39, 0.29) is 0 Å². The number of Topliss-reactive ketones (excluding diaryl/α,β-unsaturated/α-hetero) is 1. The van der Waals surface area contributed by atoms with Crippen LogP contribution in [0.2, 0.25) is 0 Å². The molecule has 2 heteroatoms. The Kier molecular flexibility index (Phi) is 3.75. The molecule has 0 unspecified atom stereocenters. The van der Waals surface area contributed by atoms with E-state index in [9.17, 15) is 4.79 Å². The van der Waals surface area contributed by atoms with Crippen molar-refractivity contribution in [1.29, 1.82) is 0 Å². The molecular formula is C18H23NO. The molecule has 2 aliphatic carbocycles. The van der Waals surface area contributed by atoms with Crippen LogP contribution >= 0.6 is 0 Å². The molecule has 0 saturated heterocycles. The Hall–Kier alpha value is -1.41. The molecule has 0 bridgehead atoms. The van der Waals surface area contributed by atoms with Crippen LogP contribution < -0.4 is 5.73 Å². The first-order chi connectivity index (χ1) is 9.61. The fraction of sp³-hybridized carbons (Fsp3) is 0.500. The maximum Gasteiger partial charge on any atom is 0.163 e. The molecule has 1 fully saturated rings. The zero-order chi connectivity index (χ0) is 14.1. The molecule has 2 N–H and O–H groups in total. The number of ketones is 1. The van der Waals surface area contributed by atoms with Crippen molar-refractivity contribution >= 4 is 11.9 Å². The molecule has 0 heterocycles. The number of nitrogens with two attached hydrogens (primary N) is 1. The van der Waals surface area contributed by atoms with Gasteiger partial charge in [0.05, 0.1) is 0 Å². The van der Waals surface area contributed by atoms with E-state index in [0.717, 1.165) is 37.7 Å². The summed E-state index contributed by atoms with van der Waals surface area (Å²) >= 11 is 0. The van der Waals surface area contributed by atoms with E-state index in [0.29, 0.717) is 24.2 Å². The lowest BCUT2D eigenvalue weighted by molar-refractivity contribution is 0.0948. The lowest BCUT2D eigenvalue weighted by Crippen LogP contribution is -2.27. The molecular weight excluding hydrogens is 246 g/mol. The number of carbonyl (C=O) groups is 1. The van der Waals surface area contributed by atoms with Crippen molar-refractivity contribution in [2.75, 3.05) is 0 Å². The van der Waals surface area contributed by atoms with Crippen LogP contribution in [-0.2, 0) is 6.42 Å². The van der Waals surface area contributed by atoms with Crippen molar-refractivity contribution in [3.8, 4) is 0 Å². The summed E-state index contributed by atoms with van der Waals surface area (Å²) in [4.78, 5) is 12.4. The van der Waals surface area contributed by atoms with Gasteiger partial charge in [-0.3, -0.25) is 4.79 Å².